The molecule has 122 valence electrons. The summed E-state index contributed by atoms with van der Waals surface area (Å²) in [5.41, 5.74) is -0.915. The summed E-state index contributed by atoms with van der Waals surface area (Å²) >= 11 is 0. The van der Waals surface area contributed by atoms with Crippen molar-refractivity contribution in [2.45, 2.75) is 52.7 Å². The van der Waals surface area contributed by atoms with Gasteiger partial charge in [-0.15, -0.1) is 0 Å². The van der Waals surface area contributed by atoms with E-state index in [1.165, 1.54) is 0 Å². The van der Waals surface area contributed by atoms with Crippen LogP contribution in [-0.4, -0.2) is 59.8 Å². The third-order valence-electron chi connectivity index (χ3n) is 3.34. The van der Waals surface area contributed by atoms with Gasteiger partial charge in [-0.2, -0.15) is 0 Å². The third-order valence-corrected chi connectivity index (χ3v) is 3.34. The molecule has 2 amide bonds. The van der Waals surface area contributed by atoms with Gasteiger partial charge in [-0.05, 0) is 13.8 Å². The number of aliphatic hydroxyl groups excluding tert-OH is 1. The van der Waals surface area contributed by atoms with Crippen molar-refractivity contribution in [3.63, 3.8) is 0 Å². The number of carbonyl (C=O) groups excluding carboxylic acids is 2. The largest absolute Gasteiger partial charge is 0.394 e. The average Bonchev–Trinajstić information content (AvgIpc) is 2.35. The van der Waals surface area contributed by atoms with E-state index in [2.05, 4.69) is 5.32 Å². The van der Waals surface area contributed by atoms with Crippen molar-refractivity contribution in [3.05, 3.63) is 0 Å². The van der Waals surface area contributed by atoms with Gasteiger partial charge < -0.3 is 20.1 Å². The molecule has 0 aromatic carbocycles. The Bertz CT molecular complexity index is 388. The van der Waals surface area contributed by atoms with Gasteiger partial charge in [-0.1, -0.05) is 20.8 Å². The maximum absolute atomic E-state index is 12.2. The molecule has 2 N–H and O–H groups in total. The van der Waals surface area contributed by atoms with Crippen molar-refractivity contribution in [2.24, 2.45) is 5.41 Å². The van der Waals surface area contributed by atoms with Crippen LogP contribution in [0.2, 0.25) is 0 Å². The molecule has 0 spiro atoms. The topological polar surface area (TPSA) is 78.9 Å². The van der Waals surface area contributed by atoms with Gasteiger partial charge in [0.05, 0.1) is 18.3 Å². The van der Waals surface area contributed by atoms with Crippen LogP contribution >= 0.6 is 0 Å². The normalized spacial score (nSPS) is 22.0. The zero-order chi connectivity index (χ0) is 16.3. The van der Waals surface area contributed by atoms with Crippen LogP contribution < -0.4 is 5.32 Å². The predicted octanol–water partition coefficient (Wildman–Crippen LogP) is 0.537. The molecule has 6 nitrogen and oxygen atoms in total. The molecule has 1 atom stereocenters. The molecule has 0 bridgehead atoms. The molecule has 1 unspecified atom stereocenters. The SMILES string of the molecule is CC1(C)CN(C(=O)CCNC(=O)C(C)(C)C)CC(CO)O1. The zero-order valence-corrected chi connectivity index (χ0v) is 13.7. The van der Waals surface area contributed by atoms with E-state index in [0.717, 1.165) is 0 Å². The predicted molar refractivity (Wildman–Crippen MR) is 79.7 cm³/mol. The number of aliphatic hydroxyl groups is 1. The van der Waals surface area contributed by atoms with E-state index in [1.54, 1.807) is 4.90 Å². The molecule has 1 saturated heterocycles. The Morgan fingerprint density at radius 1 is 1.38 bits per heavy atom. The summed E-state index contributed by atoms with van der Waals surface area (Å²) in [6, 6.07) is 0. The molecule has 21 heavy (non-hydrogen) atoms. The van der Waals surface area contributed by atoms with Crippen LogP contribution in [0.1, 0.15) is 41.0 Å². The van der Waals surface area contributed by atoms with Crippen molar-refractivity contribution >= 4 is 11.8 Å². The van der Waals surface area contributed by atoms with Crippen molar-refractivity contribution in [2.75, 3.05) is 26.2 Å². The van der Waals surface area contributed by atoms with Crippen LogP contribution in [-0.2, 0) is 14.3 Å². The molecule has 1 rings (SSSR count). The number of rotatable bonds is 4. The van der Waals surface area contributed by atoms with E-state index in [0.29, 0.717) is 19.6 Å². The molecule has 1 heterocycles. The average molecular weight is 300 g/mol. The quantitative estimate of drug-likeness (QED) is 0.794. The Hall–Kier alpha value is -1.14. The summed E-state index contributed by atoms with van der Waals surface area (Å²) in [5.74, 6) is -0.0927. The monoisotopic (exact) mass is 300 g/mol. The lowest BCUT2D eigenvalue weighted by atomic mass is 9.96. The van der Waals surface area contributed by atoms with Gasteiger partial charge in [-0.25, -0.2) is 0 Å². The van der Waals surface area contributed by atoms with Crippen molar-refractivity contribution in [3.8, 4) is 0 Å². The lowest BCUT2D eigenvalue weighted by Gasteiger charge is -2.42. The van der Waals surface area contributed by atoms with Crippen LogP contribution in [0.3, 0.4) is 0 Å². The standard InChI is InChI=1S/C15H28N2O4/c1-14(2,3)13(20)16-7-6-12(19)17-8-11(9-18)21-15(4,5)10-17/h11,18H,6-10H2,1-5H3,(H,16,20). The zero-order valence-electron chi connectivity index (χ0n) is 13.7. The Labute approximate surface area is 126 Å². The lowest BCUT2D eigenvalue weighted by Crippen LogP contribution is -2.55. The first-order valence-corrected chi connectivity index (χ1v) is 7.40. The van der Waals surface area contributed by atoms with E-state index in [4.69, 9.17) is 4.74 Å². The van der Waals surface area contributed by atoms with E-state index in [1.807, 2.05) is 34.6 Å². The molecule has 0 radical (unpaired) electrons. The molecular formula is C15H28N2O4. The van der Waals surface area contributed by atoms with E-state index in [9.17, 15) is 14.7 Å². The fourth-order valence-electron chi connectivity index (χ4n) is 2.29. The van der Waals surface area contributed by atoms with Gasteiger partial charge in [0.2, 0.25) is 11.8 Å². The van der Waals surface area contributed by atoms with Crippen LogP contribution in [0.25, 0.3) is 0 Å². The van der Waals surface area contributed by atoms with E-state index >= 15 is 0 Å². The number of nitrogens with one attached hydrogen (secondary N) is 1. The number of hydrogen-bond donors (Lipinski definition) is 2. The first-order chi connectivity index (χ1) is 9.55. The molecule has 0 aromatic heterocycles. The van der Waals surface area contributed by atoms with Crippen LogP contribution in [0.15, 0.2) is 0 Å². The number of amides is 2. The number of hydrogen-bond acceptors (Lipinski definition) is 4. The number of nitrogens with zero attached hydrogens (tertiary/aromatic N) is 1. The first-order valence-electron chi connectivity index (χ1n) is 7.40. The summed E-state index contributed by atoms with van der Waals surface area (Å²) in [4.78, 5) is 25.7. The fourth-order valence-corrected chi connectivity index (χ4v) is 2.29. The summed E-state index contributed by atoms with van der Waals surface area (Å²) in [6.45, 7) is 10.4. The van der Waals surface area contributed by atoms with Crippen molar-refractivity contribution < 1.29 is 19.4 Å². The minimum absolute atomic E-state index is 0.0287. The Morgan fingerprint density at radius 2 is 2.00 bits per heavy atom. The maximum atomic E-state index is 12.2. The molecular weight excluding hydrogens is 272 g/mol. The van der Waals surface area contributed by atoms with Gasteiger partial charge >= 0.3 is 0 Å². The number of carbonyl (C=O) groups is 2. The van der Waals surface area contributed by atoms with E-state index in [-0.39, 0.29) is 30.9 Å². The molecule has 1 aliphatic heterocycles. The molecule has 0 saturated carbocycles. The smallest absolute Gasteiger partial charge is 0.225 e. The second-order valence-corrected chi connectivity index (χ2v) is 7.21. The van der Waals surface area contributed by atoms with Crippen molar-refractivity contribution in [1.82, 2.24) is 10.2 Å². The molecule has 0 aromatic rings. The summed E-state index contributed by atoms with van der Waals surface area (Å²) < 4.78 is 5.68. The minimum Gasteiger partial charge on any atom is -0.394 e. The molecule has 6 heteroatoms. The Kier molecular flexibility index (Phi) is 5.75. The second kappa shape index (κ2) is 6.75. The molecule has 1 fully saturated rings. The highest BCUT2D eigenvalue weighted by Gasteiger charge is 2.35. The van der Waals surface area contributed by atoms with Crippen molar-refractivity contribution in [1.29, 1.82) is 0 Å². The van der Waals surface area contributed by atoms with Gasteiger partial charge in [0.25, 0.3) is 0 Å². The molecule has 1 aliphatic rings. The van der Waals surface area contributed by atoms with Crippen LogP contribution in [0.5, 0.6) is 0 Å². The van der Waals surface area contributed by atoms with Crippen LogP contribution in [0, 0.1) is 5.41 Å². The number of morpholine rings is 1. The fraction of sp³-hybridized carbons (Fsp3) is 0.867. The summed E-state index contributed by atoms with van der Waals surface area (Å²) in [5, 5.41) is 12.0. The Balaban J connectivity index is 2.46. The number of ether oxygens (including phenoxy) is 1. The van der Waals surface area contributed by atoms with Crippen LogP contribution in [0.4, 0.5) is 0 Å². The Morgan fingerprint density at radius 3 is 2.52 bits per heavy atom. The highest BCUT2D eigenvalue weighted by Crippen LogP contribution is 2.21. The van der Waals surface area contributed by atoms with Gasteiger partial charge in [-0.3, -0.25) is 9.59 Å². The van der Waals surface area contributed by atoms with E-state index < -0.39 is 11.0 Å². The summed E-state index contributed by atoms with van der Waals surface area (Å²) in [7, 11) is 0. The first kappa shape index (κ1) is 17.9. The lowest BCUT2D eigenvalue weighted by molar-refractivity contribution is -0.166. The summed E-state index contributed by atoms with van der Waals surface area (Å²) in [6.07, 6.45) is -0.0855. The van der Waals surface area contributed by atoms with Gasteiger partial charge in [0, 0.05) is 31.5 Å². The third kappa shape index (κ3) is 5.63. The highest BCUT2D eigenvalue weighted by atomic mass is 16.5. The minimum atomic E-state index is -0.462. The van der Waals surface area contributed by atoms with Gasteiger partial charge in [0.15, 0.2) is 0 Å². The maximum Gasteiger partial charge on any atom is 0.225 e. The highest BCUT2D eigenvalue weighted by molar-refractivity contribution is 5.82. The molecule has 0 aliphatic carbocycles. The van der Waals surface area contributed by atoms with Gasteiger partial charge in [0.1, 0.15) is 0 Å². The second-order valence-electron chi connectivity index (χ2n) is 7.21.